The van der Waals surface area contributed by atoms with Crippen LogP contribution in [0.1, 0.15) is 18.9 Å². The molecule has 1 aromatic carbocycles. The van der Waals surface area contributed by atoms with E-state index in [0.29, 0.717) is 0 Å². The van der Waals surface area contributed by atoms with Crippen LogP contribution < -0.4 is 0 Å². The van der Waals surface area contributed by atoms with E-state index < -0.39 is 0 Å². The number of hydrazone groups is 1. The molecule has 1 aromatic rings. The molecule has 1 heterocycles. The zero-order valence-corrected chi connectivity index (χ0v) is 10.7. The zero-order valence-electron chi connectivity index (χ0n) is 9.07. The molecule has 1 aliphatic rings. The van der Waals surface area contributed by atoms with Crippen molar-refractivity contribution in [2.24, 2.45) is 5.10 Å². The van der Waals surface area contributed by atoms with Gasteiger partial charge in [0.15, 0.2) is 0 Å². The molecule has 3 heteroatoms. The van der Waals surface area contributed by atoms with Crippen LogP contribution in [0.25, 0.3) is 0 Å². The van der Waals surface area contributed by atoms with Crippen molar-refractivity contribution >= 4 is 21.6 Å². The van der Waals surface area contributed by atoms with Gasteiger partial charge in [0.05, 0.1) is 5.54 Å². The second-order valence-corrected chi connectivity index (χ2v) is 4.63. The third-order valence-electron chi connectivity index (χ3n) is 3.02. The summed E-state index contributed by atoms with van der Waals surface area (Å²) < 4.78 is 0. The minimum Gasteiger partial charge on any atom is -0.288 e. The van der Waals surface area contributed by atoms with Gasteiger partial charge in [0, 0.05) is 24.5 Å². The summed E-state index contributed by atoms with van der Waals surface area (Å²) in [6.45, 7) is 2.09. The Morgan fingerprint density at radius 3 is 2.53 bits per heavy atom. The minimum absolute atomic E-state index is 0.00530. The molecule has 0 spiro atoms. The summed E-state index contributed by atoms with van der Waals surface area (Å²) in [7, 11) is 2.05. The fourth-order valence-electron chi connectivity index (χ4n) is 2.17. The lowest BCUT2D eigenvalue weighted by Crippen LogP contribution is -2.39. The Balaban J connectivity index is 2.40. The molecule has 0 aromatic heterocycles. The van der Waals surface area contributed by atoms with Gasteiger partial charge >= 0.3 is 0 Å². The van der Waals surface area contributed by atoms with Crippen LogP contribution in [0.2, 0.25) is 0 Å². The van der Waals surface area contributed by atoms with E-state index in [1.807, 2.05) is 13.1 Å². The molecule has 2 nitrogen and oxygen atoms in total. The van der Waals surface area contributed by atoms with Crippen molar-refractivity contribution in [2.45, 2.75) is 18.9 Å². The van der Waals surface area contributed by atoms with Crippen LogP contribution >= 0.6 is 15.9 Å². The smallest absolute Gasteiger partial charge is 0.0973 e. The first-order valence-electron chi connectivity index (χ1n) is 5.08. The van der Waals surface area contributed by atoms with E-state index in [2.05, 4.69) is 57.2 Å². The molecular formula is C12H15BrN2. The lowest BCUT2D eigenvalue weighted by molar-refractivity contribution is 0.181. The van der Waals surface area contributed by atoms with Crippen LogP contribution in [-0.2, 0) is 5.54 Å². The van der Waals surface area contributed by atoms with Crippen molar-refractivity contribution in [3.63, 3.8) is 0 Å². The fraction of sp³-hybridized carbons (Fsp3) is 0.417. The van der Waals surface area contributed by atoms with Crippen LogP contribution in [0.5, 0.6) is 0 Å². The molecule has 0 bridgehead atoms. The Hall–Kier alpha value is -0.830. The molecule has 0 aliphatic carbocycles. The first kappa shape index (κ1) is 10.7. The molecule has 0 N–H and O–H groups in total. The molecule has 2 rings (SSSR count). The maximum atomic E-state index is 4.51. The van der Waals surface area contributed by atoms with E-state index in [9.17, 15) is 0 Å². The molecule has 0 amide bonds. The van der Waals surface area contributed by atoms with E-state index in [0.717, 1.165) is 11.8 Å². The van der Waals surface area contributed by atoms with Crippen LogP contribution in [0, 0.1) is 0 Å². The lowest BCUT2D eigenvalue weighted by Gasteiger charge is -2.34. The van der Waals surface area contributed by atoms with Crippen molar-refractivity contribution in [1.29, 1.82) is 0 Å². The maximum Gasteiger partial charge on any atom is 0.0973 e. The highest BCUT2D eigenvalue weighted by atomic mass is 79.9. The first-order valence-corrected chi connectivity index (χ1v) is 6.20. The predicted molar refractivity (Wildman–Crippen MR) is 67.4 cm³/mol. The van der Waals surface area contributed by atoms with Gasteiger partial charge in [-0.3, -0.25) is 5.01 Å². The summed E-state index contributed by atoms with van der Waals surface area (Å²) in [6, 6.07) is 10.6. The van der Waals surface area contributed by atoms with Crippen molar-refractivity contribution in [1.82, 2.24) is 5.01 Å². The van der Waals surface area contributed by atoms with Gasteiger partial charge in [-0.2, -0.15) is 5.10 Å². The highest BCUT2D eigenvalue weighted by Crippen LogP contribution is 2.37. The van der Waals surface area contributed by atoms with Gasteiger partial charge < -0.3 is 0 Å². The molecule has 0 saturated carbocycles. The molecule has 15 heavy (non-hydrogen) atoms. The number of hydrogen-bond acceptors (Lipinski definition) is 2. The van der Waals surface area contributed by atoms with Gasteiger partial charge in [0.1, 0.15) is 0 Å². The minimum atomic E-state index is 0.00530. The predicted octanol–water partition coefficient (Wildman–Crippen LogP) is 2.99. The molecule has 80 valence electrons. The average molecular weight is 267 g/mol. The lowest BCUT2D eigenvalue weighted by atomic mass is 9.88. The van der Waals surface area contributed by atoms with Gasteiger partial charge in [0.25, 0.3) is 0 Å². The number of benzene rings is 1. The van der Waals surface area contributed by atoms with E-state index in [1.165, 1.54) is 11.3 Å². The second kappa shape index (κ2) is 3.97. The van der Waals surface area contributed by atoms with E-state index >= 15 is 0 Å². The number of nitrogens with zero attached hydrogens (tertiary/aromatic N) is 2. The Bertz CT molecular complexity index is 374. The number of halogens is 1. The number of alkyl halides is 1. The molecule has 1 aliphatic heterocycles. The van der Waals surface area contributed by atoms with Crippen molar-refractivity contribution in [2.75, 3.05) is 12.4 Å². The first-order chi connectivity index (χ1) is 7.19. The van der Waals surface area contributed by atoms with Crippen LogP contribution in [0.3, 0.4) is 0 Å². The molecule has 0 saturated heterocycles. The summed E-state index contributed by atoms with van der Waals surface area (Å²) in [5, 5.41) is 7.49. The summed E-state index contributed by atoms with van der Waals surface area (Å²) in [5.41, 5.74) is 2.52. The third-order valence-corrected chi connectivity index (χ3v) is 3.95. The molecule has 0 fully saturated rings. The van der Waals surface area contributed by atoms with Gasteiger partial charge in [-0.25, -0.2) is 0 Å². The largest absolute Gasteiger partial charge is 0.288 e. The average Bonchev–Trinajstić information content (AvgIpc) is 2.56. The number of rotatable bonds is 2. The van der Waals surface area contributed by atoms with E-state index in [-0.39, 0.29) is 5.54 Å². The van der Waals surface area contributed by atoms with Crippen molar-refractivity contribution < 1.29 is 0 Å². The van der Waals surface area contributed by atoms with Gasteiger partial charge in [-0.15, -0.1) is 0 Å². The highest BCUT2D eigenvalue weighted by Gasteiger charge is 2.39. The Kier molecular flexibility index (Phi) is 2.83. The quantitative estimate of drug-likeness (QED) is 0.752. The van der Waals surface area contributed by atoms with Gasteiger partial charge in [-0.05, 0) is 12.5 Å². The van der Waals surface area contributed by atoms with E-state index in [4.69, 9.17) is 0 Å². The summed E-state index contributed by atoms with van der Waals surface area (Å²) >= 11 is 3.62. The Morgan fingerprint density at radius 1 is 1.40 bits per heavy atom. The number of hydrogen-bond donors (Lipinski definition) is 0. The van der Waals surface area contributed by atoms with Crippen LogP contribution in [-0.4, -0.2) is 23.1 Å². The summed E-state index contributed by atoms with van der Waals surface area (Å²) in [6.07, 6.45) is 0.999. The monoisotopic (exact) mass is 266 g/mol. The third kappa shape index (κ3) is 1.69. The second-order valence-electron chi connectivity index (χ2n) is 4.07. The fourth-order valence-corrected chi connectivity index (χ4v) is 3.06. The van der Waals surface area contributed by atoms with Gasteiger partial charge in [-0.1, -0.05) is 46.3 Å². The molecule has 1 unspecified atom stereocenters. The van der Waals surface area contributed by atoms with Gasteiger partial charge in [0.2, 0.25) is 0 Å². The van der Waals surface area contributed by atoms with E-state index in [1.54, 1.807) is 0 Å². The van der Waals surface area contributed by atoms with Crippen molar-refractivity contribution in [3.8, 4) is 0 Å². The Morgan fingerprint density at radius 2 is 2.07 bits per heavy atom. The SMILES string of the molecule is CC1=NN(C)C(CBr)(c2ccccc2)C1. The standard InChI is InChI=1S/C12H15BrN2/c1-10-8-12(9-13,15(2)14-10)11-6-4-3-5-7-11/h3-7H,8-9H2,1-2H3. The summed E-state index contributed by atoms with van der Waals surface area (Å²) in [5.74, 6) is 0. The topological polar surface area (TPSA) is 15.6 Å². The highest BCUT2D eigenvalue weighted by molar-refractivity contribution is 9.09. The van der Waals surface area contributed by atoms with Crippen LogP contribution in [0.4, 0.5) is 0 Å². The normalized spacial score (nSPS) is 25.5. The Labute approximate surface area is 99.1 Å². The maximum absolute atomic E-state index is 4.51. The van der Waals surface area contributed by atoms with Crippen molar-refractivity contribution in [3.05, 3.63) is 35.9 Å². The summed E-state index contributed by atoms with van der Waals surface area (Å²) in [4.78, 5) is 0. The molecule has 0 radical (unpaired) electrons. The molecular weight excluding hydrogens is 252 g/mol. The van der Waals surface area contributed by atoms with Crippen LogP contribution in [0.15, 0.2) is 35.4 Å². The zero-order chi connectivity index (χ0) is 10.9. The molecule has 1 atom stereocenters.